The van der Waals surface area contributed by atoms with Crippen LogP contribution in [0, 0.1) is 0 Å². The fourth-order valence-electron chi connectivity index (χ4n) is 2.06. The second-order valence-corrected chi connectivity index (χ2v) is 4.47. The lowest BCUT2D eigenvalue weighted by atomic mass is 10.1. The molecule has 0 unspecified atom stereocenters. The molecule has 0 aromatic heterocycles. The van der Waals surface area contributed by atoms with E-state index in [1.807, 2.05) is 24.3 Å². The second kappa shape index (κ2) is 7.23. The molecule has 1 saturated heterocycles. The van der Waals surface area contributed by atoms with Crippen LogP contribution in [0.15, 0.2) is 24.3 Å². The highest BCUT2D eigenvalue weighted by molar-refractivity contribution is 5.97. The van der Waals surface area contributed by atoms with Crippen LogP contribution in [0.3, 0.4) is 0 Å². The van der Waals surface area contributed by atoms with Gasteiger partial charge in [-0.15, -0.1) is 0 Å². The van der Waals surface area contributed by atoms with E-state index >= 15 is 0 Å². The molecule has 0 saturated carbocycles. The van der Waals surface area contributed by atoms with Crippen molar-refractivity contribution in [2.45, 2.75) is 0 Å². The number of hydrogen-bond donors (Lipinski definition) is 2. The third kappa shape index (κ3) is 4.02. The van der Waals surface area contributed by atoms with E-state index in [0.29, 0.717) is 12.1 Å². The van der Waals surface area contributed by atoms with Crippen molar-refractivity contribution in [1.82, 2.24) is 5.32 Å². The maximum absolute atomic E-state index is 11.8. The normalized spacial score (nSPS) is 15.5. The highest BCUT2D eigenvalue weighted by atomic mass is 16.5. The standard InChI is InChI=1S/C14H20N2O3/c17-8-5-15-11-14(18)12-1-3-13(4-2-12)16-6-9-19-10-7-16/h1-4,15,17H,5-11H2. The molecule has 1 heterocycles. The van der Waals surface area contributed by atoms with Crippen LogP contribution >= 0.6 is 0 Å². The summed E-state index contributed by atoms with van der Waals surface area (Å²) in [5, 5.41) is 11.5. The summed E-state index contributed by atoms with van der Waals surface area (Å²) >= 11 is 0. The average molecular weight is 264 g/mol. The molecular formula is C14H20N2O3. The number of benzene rings is 1. The SMILES string of the molecule is O=C(CNCCO)c1ccc(N2CCOCC2)cc1. The average Bonchev–Trinajstić information content (AvgIpc) is 2.48. The van der Waals surface area contributed by atoms with E-state index in [9.17, 15) is 4.79 Å². The van der Waals surface area contributed by atoms with Gasteiger partial charge in [0.2, 0.25) is 0 Å². The van der Waals surface area contributed by atoms with Gasteiger partial charge in [0.15, 0.2) is 5.78 Å². The van der Waals surface area contributed by atoms with Gasteiger partial charge in [-0.1, -0.05) is 0 Å². The molecule has 1 aromatic carbocycles. The molecule has 0 atom stereocenters. The maximum atomic E-state index is 11.8. The molecule has 5 nitrogen and oxygen atoms in total. The maximum Gasteiger partial charge on any atom is 0.176 e. The van der Waals surface area contributed by atoms with Crippen molar-refractivity contribution < 1.29 is 14.6 Å². The zero-order valence-electron chi connectivity index (χ0n) is 11.0. The minimum Gasteiger partial charge on any atom is -0.395 e. The first-order valence-corrected chi connectivity index (χ1v) is 6.59. The van der Waals surface area contributed by atoms with E-state index < -0.39 is 0 Å². The van der Waals surface area contributed by atoms with Crippen molar-refractivity contribution in [2.75, 3.05) is 50.9 Å². The van der Waals surface area contributed by atoms with Gasteiger partial charge in [-0.3, -0.25) is 4.79 Å². The molecule has 1 aliphatic rings. The number of nitrogens with one attached hydrogen (secondary N) is 1. The fourth-order valence-corrected chi connectivity index (χ4v) is 2.06. The van der Waals surface area contributed by atoms with Crippen molar-refractivity contribution in [2.24, 2.45) is 0 Å². The lowest BCUT2D eigenvalue weighted by Crippen LogP contribution is -2.36. The van der Waals surface area contributed by atoms with Crippen LogP contribution < -0.4 is 10.2 Å². The highest BCUT2D eigenvalue weighted by Gasteiger charge is 2.12. The van der Waals surface area contributed by atoms with E-state index in [1.165, 1.54) is 0 Å². The van der Waals surface area contributed by atoms with Gasteiger partial charge >= 0.3 is 0 Å². The third-order valence-electron chi connectivity index (χ3n) is 3.14. The number of morpholine rings is 1. The molecule has 19 heavy (non-hydrogen) atoms. The summed E-state index contributed by atoms with van der Waals surface area (Å²) < 4.78 is 5.31. The van der Waals surface area contributed by atoms with Crippen LogP contribution in [-0.2, 0) is 4.74 Å². The Balaban J connectivity index is 1.91. The Morgan fingerprint density at radius 1 is 1.26 bits per heavy atom. The molecule has 2 rings (SSSR count). The fraction of sp³-hybridized carbons (Fsp3) is 0.500. The zero-order chi connectivity index (χ0) is 13.5. The lowest BCUT2D eigenvalue weighted by molar-refractivity contribution is 0.0989. The van der Waals surface area contributed by atoms with Crippen molar-refractivity contribution in [3.05, 3.63) is 29.8 Å². The summed E-state index contributed by atoms with van der Waals surface area (Å²) in [6, 6.07) is 7.66. The number of hydrogen-bond acceptors (Lipinski definition) is 5. The summed E-state index contributed by atoms with van der Waals surface area (Å²) in [5.74, 6) is 0.0435. The molecule has 0 aliphatic carbocycles. The molecular weight excluding hydrogens is 244 g/mol. The molecule has 1 fully saturated rings. The molecule has 5 heteroatoms. The number of anilines is 1. The van der Waals surface area contributed by atoms with Crippen molar-refractivity contribution in [1.29, 1.82) is 0 Å². The number of Topliss-reactive ketones (excluding diaryl/α,β-unsaturated/α-hetero) is 1. The first kappa shape index (κ1) is 14.0. The van der Waals surface area contributed by atoms with Gasteiger partial charge in [0, 0.05) is 30.9 Å². The topological polar surface area (TPSA) is 61.8 Å². The summed E-state index contributed by atoms with van der Waals surface area (Å²) in [5.41, 5.74) is 1.82. The van der Waals surface area contributed by atoms with Gasteiger partial charge in [-0.05, 0) is 24.3 Å². The third-order valence-corrected chi connectivity index (χ3v) is 3.14. The molecule has 0 amide bonds. The van der Waals surface area contributed by atoms with Gasteiger partial charge in [-0.2, -0.15) is 0 Å². The Hall–Kier alpha value is -1.43. The van der Waals surface area contributed by atoms with E-state index in [4.69, 9.17) is 9.84 Å². The van der Waals surface area contributed by atoms with Crippen LogP contribution in [0.4, 0.5) is 5.69 Å². The first-order chi connectivity index (χ1) is 9.31. The molecule has 104 valence electrons. The lowest BCUT2D eigenvalue weighted by Gasteiger charge is -2.28. The molecule has 1 aliphatic heterocycles. The number of nitrogens with zero attached hydrogens (tertiary/aromatic N) is 1. The van der Waals surface area contributed by atoms with E-state index in [1.54, 1.807) is 0 Å². The Morgan fingerprint density at radius 3 is 2.58 bits per heavy atom. The minimum absolute atomic E-state index is 0.0435. The van der Waals surface area contributed by atoms with E-state index in [0.717, 1.165) is 32.0 Å². The number of ether oxygens (including phenoxy) is 1. The molecule has 2 N–H and O–H groups in total. The molecule has 1 aromatic rings. The van der Waals surface area contributed by atoms with Gasteiger partial charge in [0.05, 0.1) is 26.4 Å². The van der Waals surface area contributed by atoms with Crippen LogP contribution in [0.2, 0.25) is 0 Å². The summed E-state index contributed by atoms with van der Waals surface area (Å²) in [4.78, 5) is 14.1. The van der Waals surface area contributed by atoms with Gasteiger partial charge in [0.25, 0.3) is 0 Å². The predicted octanol–water partition coefficient (Wildman–Crippen LogP) is 0.288. The van der Waals surface area contributed by atoms with E-state index in [2.05, 4.69) is 10.2 Å². The van der Waals surface area contributed by atoms with Gasteiger partial charge < -0.3 is 20.1 Å². The number of carbonyl (C=O) groups is 1. The second-order valence-electron chi connectivity index (χ2n) is 4.47. The van der Waals surface area contributed by atoms with Gasteiger partial charge in [-0.25, -0.2) is 0 Å². The van der Waals surface area contributed by atoms with E-state index in [-0.39, 0.29) is 18.9 Å². The van der Waals surface area contributed by atoms with Crippen LogP contribution in [0.25, 0.3) is 0 Å². The van der Waals surface area contributed by atoms with Crippen LogP contribution in [-0.4, -0.2) is 56.9 Å². The van der Waals surface area contributed by atoms with Crippen molar-refractivity contribution in [3.63, 3.8) is 0 Å². The van der Waals surface area contributed by atoms with Crippen LogP contribution in [0.5, 0.6) is 0 Å². The minimum atomic E-state index is 0.0435. The predicted molar refractivity (Wildman–Crippen MR) is 73.8 cm³/mol. The summed E-state index contributed by atoms with van der Waals surface area (Å²) in [6.07, 6.45) is 0. The smallest absolute Gasteiger partial charge is 0.176 e. The van der Waals surface area contributed by atoms with Crippen molar-refractivity contribution in [3.8, 4) is 0 Å². The van der Waals surface area contributed by atoms with Crippen molar-refractivity contribution >= 4 is 11.5 Å². The molecule has 0 bridgehead atoms. The Bertz CT molecular complexity index is 400. The number of aliphatic hydroxyl groups excluding tert-OH is 1. The largest absolute Gasteiger partial charge is 0.395 e. The number of ketones is 1. The zero-order valence-corrected chi connectivity index (χ0v) is 11.0. The number of rotatable bonds is 6. The van der Waals surface area contributed by atoms with Gasteiger partial charge in [0.1, 0.15) is 0 Å². The first-order valence-electron chi connectivity index (χ1n) is 6.59. The summed E-state index contributed by atoms with van der Waals surface area (Å²) in [6.45, 7) is 4.05. The molecule has 0 radical (unpaired) electrons. The number of aliphatic hydroxyl groups is 1. The Labute approximate surface area is 113 Å². The highest BCUT2D eigenvalue weighted by Crippen LogP contribution is 2.16. The van der Waals surface area contributed by atoms with Crippen LogP contribution in [0.1, 0.15) is 10.4 Å². The molecule has 0 spiro atoms. The summed E-state index contributed by atoms with van der Waals surface area (Å²) in [7, 11) is 0. The Morgan fingerprint density at radius 2 is 1.95 bits per heavy atom. The monoisotopic (exact) mass is 264 g/mol. The number of carbonyl (C=O) groups excluding carboxylic acids is 1. The quantitative estimate of drug-likeness (QED) is 0.571. The Kier molecular flexibility index (Phi) is 5.32.